The third-order valence-electron chi connectivity index (χ3n) is 4.40. The van der Waals surface area contributed by atoms with E-state index >= 15 is 0 Å². The summed E-state index contributed by atoms with van der Waals surface area (Å²) in [4.78, 5) is 17.3. The van der Waals surface area contributed by atoms with Gasteiger partial charge in [-0.05, 0) is 48.5 Å². The van der Waals surface area contributed by atoms with E-state index in [0.717, 1.165) is 24.3 Å². The molecule has 0 unspecified atom stereocenters. The van der Waals surface area contributed by atoms with Crippen LogP contribution in [0.25, 0.3) is 23.0 Å². The molecule has 4 aromatic rings. The number of rotatable bonds is 5. The summed E-state index contributed by atoms with van der Waals surface area (Å²) in [5, 5.41) is 0. The topological polar surface area (TPSA) is 65.5 Å². The maximum atomic E-state index is 13.0. The van der Waals surface area contributed by atoms with Crippen molar-refractivity contribution in [3.8, 4) is 28.7 Å². The van der Waals surface area contributed by atoms with Crippen LogP contribution in [0.1, 0.15) is 21.6 Å². The van der Waals surface area contributed by atoms with Gasteiger partial charge in [0.2, 0.25) is 5.78 Å². The molecule has 0 amide bonds. The number of halogens is 3. The van der Waals surface area contributed by atoms with Crippen LogP contribution in [-0.2, 0) is 6.18 Å². The molecule has 0 saturated carbocycles. The van der Waals surface area contributed by atoms with Crippen LogP contribution in [0.5, 0.6) is 5.75 Å². The van der Waals surface area contributed by atoms with Gasteiger partial charge in [0.15, 0.2) is 17.2 Å². The SMILES string of the molecule is COc1ccc(-c2oc(-c3ccco3)nc2C(=O)c2ccc(C(F)(F)F)cc2)cc1. The summed E-state index contributed by atoms with van der Waals surface area (Å²) < 4.78 is 54.7. The van der Waals surface area contributed by atoms with Crippen LogP contribution in [0.4, 0.5) is 13.2 Å². The van der Waals surface area contributed by atoms with Crippen LogP contribution in [0.15, 0.2) is 75.8 Å². The largest absolute Gasteiger partial charge is 0.497 e. The van der Waals surface area contributed by atoms with Crippen LogP contribution in [0.3, 0.4) is 0 Å². The van der Waals surface area contributed by atoms with Crippen molar-refractivity contribution in [3.63, 3.8) is 0 Å². The smallest absolute Gasteiger partial charge is 0.416 e. The monoisotopic (exact) mass is 413 g/mol. The summed E-state index contributed by atoms with van der Waals surface area (Å²) in [7, 11) is 1.53. The standard InChI is InChI=1S/C22H14F3NO4/c1-28-16-10-6-14(7-11-16)20-18(26-21(30-20)17-3-2-12-29-17)19(27)13-4-8-15(9-5-13)22(23,24)25/h2-12H,1H3. The molecule has 0 N–H and O–H groups in total. The Morgan fingerprint density at radius 2 is 1.70 bits per heavy atom. The Morgan fingerprint density at radius 3 is 2.27 bits per heavy atom. The molecule has 4 rings (SSSR count). The minimum absolute atomic E-state index is 0.0358. The van der Waals surface area contributed by atoms with Crippen molar-refractivity contribution in [2.24, 2.45) is 0 Å². The van der Waals surface area contributed by atoms with E-state index < -0.39 is 17.5 Å². The molecule has 0 saturated heterocycles. The molecule has 2 aromatic carbocycles. The van der Waals surface area contributed by atoms with Crippen molar-refractivity contribution < 1.29 is 31.5 Å². The highest BCUT2D eigenvalue weighted by molar-refractivity contribution is 6.11. The molecule has 30 heavy (non-hydrogen) atoms. The number of hydrogen-bond donors (Lipinski definition) is 0. The van der Waals surface area contributed by atoms with Gasteiger partial charge in [-0.15, -0.1) is 0 Å². The number of furan rings is 1. The Morgan fingerprint density at radius 1 is 1.00 bits per heavy atom. The lowest BCUT2D eigenvalue weighted by Gasteiger charge is -2.07. The summed E-state index contributed by atoms with van der Waals surface area (Å²) in [6.07, 6.45) is -3.06. The number of ether oxygens (including phenoxy) is 1. The van der Waals surface area contributed by atoms with Gasteiger partial charge in [-0.1, -0.05) is 12.1 Å². The number of oxazole rings is 1. The Labute approximate surface area is 168 Å². The minimum atomic E-state index is -4.49. The molecule has 0 aliphatic rings. The molecule has 2 aromatic heterocycles. The van der Waals surface area contributed by atoms with Gasteiger partial charge in [0, 0.05) is 11.1 Å². The van der Waals surface area contributed by atoms with Gasteiger partial charge < -0.3 is 13.6 Å². The first-order valence-corrected chi connectivity index (χ1v) is 8.78. The molecule has 0 fully saturated rings. The van der Waals surface area contributed by atoms with Gasteiger partial charge in [0.05, 0.1) is 18.9 Å². The number of alkyl halides is 3. The van der Waals surface area contributed by atoms with E-state index in [2.05, 4.69) is 4.98 Å². The second-order valence-electron chi connectivity index (χ2n) is 6.31. The second kappa shape index (κ2) is 7.55. The molecule has 152 valence electrons. The molecule has 0 radical (unpaired) electrons. The number of carbonyl (C=O) groups excluding carboxylic acids is 1. The predicted octanol–water partition coefficient (Wildman–Crippen LogP) is 5.86. The van der Waals surface area contributed by atoms with Crippen molar-refractivity contribution in [2.45, 2.75) is 6.18 Å². The fourth-order valence-corrected chi connectivity index (χ4v) is 2.87. The normalized spacial score (nSPS) is 11.5. The quantitative estimate of drug-likeness (QED) is 0.384. The summed E-state index contributed by atoms with van der Waals surface area (Å²) in [6, 6.07) is 14.0. The zero-order chi connectivity index (χ0) is 21.3. The third kappa shape index (κ3) is 3.71. The molecular weight excluding hydrogens is 399 g/mol. The lowest BCUT2D eigenvalue weighted by atomic mass is 10.0. The first-order chi connectivity index (χ1) is 14.4. The number of carbonyl (C=O) groups is 1. The molecule has 0 aliphatic carbocycles. The van der Waals surface area contributed by atoms with Crippen LogP contribution in [0, 0.1) is 0 Å². The molecule has 5 nitrogen and oxygen atoms in total. The van der Waals surface area contributed by atoms with E-state index in [1.807, 2.05) is 0 Å². The Hall–Kier alpha value is -3.81. The first-order valence-electron chi connectivity index (χ1n) is 8.78. The zero-order valence-corrected chi connectivity index (χ0v) is 15.6. The van der Waals surface area contributed by atoms with Crippen molar-refractivity contribution in [3.05, 3.63) is 83.7 Å². The Balaban J connectivity index is 1.78. The molecule has 0 aliphatic heterocycles. The molecule has 0 spiro atoms. The molecule has 8 heteroatoms. The van der Waals surface area contributed by atoms with E-state index in [4.69, 9.17) is 13.6 Å². The van der Waals surface area contributed by atoms with E-state index in [1.54, 1.807) is 36.4 Å². The van der Waals surface area contributed by atoms with Crippen LogP contribution >= 0.6 is 0 Å². The van der Waals surface area contributed by atoms with E-state index in [9.17, 15) is 18.0 Å². The number of nitrogens with zero attached hydrogens (tertiary/aromatic N) is 1. The van der Waals surface area contributed by atoms with E-state index in [0.29, 0.717) is 17.1 Å². The van der Waals surface area contributed by atoms with Crippen molar-refractivity contribution in [2.75, 3.05) is 7.11 Å². The number of benzene rings is 2. The van der Waals surface area contributed by atoms with Gasteiger partial charge in [-0.3, -0.25) is 4.79 Å². The Kier molecular flexibility index (Phi) is 4.91. The van der Waals surface area contributed by atoms with Crippen LogP contribution < -0.4 is 4.74 Å². The fraction of sp³-hybridized carbons (Fsp3) is 0.0909. The van der Waals surface area contributed by atoms with Gasteiger partial charge in [0.25, 0.3) is 5.89 Å². The van der Waals surface area contributed by atoms with Crippen molar-refractivity contribution in [1.29, 1.82) is 0 Å². The zero-order valence-electron chi connectivity index (χ0n) is 15.6. The van der Waals surface area contributed by atoms with Gasteiger partial charge in [0.1, 0.15) is 5.75 Å². The number of methoxy groups -OCH3 is 1. The summed E-state index contributed by atoms with van der Waals surface area (Å²) in [5.74, 6) is 0.613. The van der Waals surface area contributed by atoms with Gasteiger partial charge >= 0.3 is 6.18 Å². The highest BCUT2D eigenvalue weighted by Gasteiger charge is 2.31. The van der Waals surface area contributed by atoms with Crippen molar-refractivity contribution >= 4 is 5.78 Å². The maximum absolute atomic E-state index is 13.0. The Bertz CT molecular complexity index is 1160. The lowest BCUT2D eigenvalue weighted by Crippen LogP contribution is -2.07. The average molecular weight is 413 g/mol. The van der Waals surface area contributed by atoms with Crippen molar-refractivity contribution in [1.82, 2.24) is 4.98 Å². The lowest BCUT2D eigenvalue weighted by molar-refractivity contribution is -0.137. The van der Waals surface area contributed by atoms with Crippen LogP contribution in [0.2, 0.25) is 0 Å². The summed E-state index contributed by atoms with van der Waals surface area (Å²) >= 11 is 0. The molecule has 0 bridgehead atoms. The number of aromatic nitrogens is 1. The number of ketones is 1. The fourth-order valence-electron chi connectivity index (χ4n) is 2.87. The van der Waals surface area contributed by atoms with E-state index in [-0.39, 0.29) is 22.9 Å². The van der Waals surface area contributed by atoms with Gasteiger partial charge in [-0.25, -0.2) is 4.98 Å². The first kappa shape index (κ1) is 19.5. The highest BCUT2D eigenvalue weighted by atomic mass is 19.4. The maximum Gasteiger partial charge on any atom is 0.416 e. The van der Waals surface area contributed by atoms with Gasteiger partial charge in [-0.2, -0.15) is 13.2 Å². The highest BCUT2D eigenvalue weighted by Crippen LogP contribution is 2.33. The second-order valence-corrected chi connectivity index (χ2v) is 6.31. The molecule has 0 atom stereocenters. The molecule has 2 heterocycles. The molecular formula is C22H14F3NO4. The number of hydrogen-bond acceptors (Lipinski definition) is 5. The predicted molar refractivity (Wildman–Crippen MR) is 101 cm³/mol. The third-order valence-corrected chi connectivity index (χ3v) is 4.40. The van der Waals surface area contributed by atoms with Crippen LogP contribution in [-0.4, -0.2) is 17.9 Å². The summed E-state index contributed by atoms with van der Waals surface area (Å²) in [6.45, 7) is 0. The van der Waals surface area contributed by atoms with E-state index in [1.165, 1.54) is 13.4 Å². The average Bonchev–Trinajstić information content (AvgIpc) is 3.43. The summed E-state index contributed by atoms with van der Waals surface area (Å²) in [5.41, 5.74) is -0.273. The minimum Gasteiger partial charge on any atom is -0.497 e.